The Balaban J connectivity index is -0.000000105. The first-order chi connectivity index (χ1) is 10.2. The molecule has 0 aromatic rings. The summed E-state index contributed by atoms with van der Waals surface area (Å²) in [5.41, 5.74) is 0. The molecule has 0 saturated carbocycles. The number of aliphatic hydroxyl groups is 3. The highest BCUT2D eigenvalue weighted by molar-refractivity contribution is 6.23. The van der Waals surface area contributed by atoms with Crippen LogP contribution in [0.4, 0.5) is 0 Å². The number of carboxylic acid groups (broad SMARTS) is 1. The van der Waals surface area contributed by atoms with Gasteiger partial charge >= 0.3 is 5.97 Å². The molecule has 0 amide bonds. The lowest BCUT2D eigenvalue weighted by molar-refractivity contribution is -0.145. The van der Waals surface area contributed by atoms with E-state index in [-0.39, 0.29) is 17.9 Å². The fourth-order valence-corrected chi connectivity index (χ4v) is 0. The molecular formula is C14H26O9. The third-order valence-corrected chi connectivity index (χ3v) is 1.70. The van der Waals surface area contributed by atoms with Gasteiger partial charge in [0.1, 0.15) is 18.3 Å². The minimum absolute atomic E-state index is 0.185. The number of rotatable bonds is 4. The number of aliphatic hydroxyl groups excluding tert-OH is 3. The molecule has 0 fully saturated rings. The van der Waals surface area contributed by atoms with Crippen LogP contribution in [0.1, 0.15) is 41.5 Å². The van der Waals surface area contributed by atoms with E-state index < -0.39 is 30.1 Å². The molecule has 9 nitrogen and oxygen atoms in total. The van der Waals surface area contributed by atoms with E-state index >= 15 is 0 Å². The molecule has 0 rings (SSSR count). The Morgan fingerprint density at radius 2 is 0.870 bits per heavy atom. The number of aldehydes is 1. The van der Waals surface area contributed by atoms with Crippen LogP contribution in [0.5, 0.6) is 0 Å². The Hall–Kier alpha value is -1.97. The van der Waals surface area contributed by atoms with E-state index in [0.717, 1.165) is 0 Å². The summed E-state index contributed by atoms with van der Waals surface area (Å²) < 4.78 is 0. The first-order valence-electron chi connectivity index (χ1n) is 6.44. The van der Waals surface area contributed by atoms with Crippen LogP contribution in [0.25, 0.3) is 0 Å². The van der Waals surface area contributed by atoms with Gasteiger partial charge in [-0.2, -0.15) is 0 Å². The zero-order chi connectivity index (χ0) is 19.7. The molecule has 3 atom stereocenters. The van der Waals surface area contributed by atoms with Gasteiger partial charge in [0, 0.05) is 6.92 Å². The van der Waals surface area contributed by atoms with Gasteiger partial charge in [-0.05, 0) is 34.6 Å². The number of carboxylic acids is 1. The average molecular weight is 338 g/mol. The maximum absolute atomic E-state index is 9.89. The van der Waals surface area contributed by atoms with Gasteiger partial charge in [0.2, 0.25) is 0 Å². The Bertz CT molecular complexity index is 328. The number of hydrogen-bond acceptors (Lipinski definition) is 8. The molecule has 0 heterocycles. The smallest absolute Gasteiger partial charge is 0.332 e. The standard InChI is InChI=1S/2C4H8O2.C3H6O3.C3H4O2/c2*1-3(5)4(2)6;1-2(4)3(5)6;1-3(5)2-4/h2*3,5H,1-2H3;2,4H,1H3,(H,5,6);2H,1H3. The molecule has 0 spiro atoms. The Labute approximate surface area is 134 Å². The SMILES string of the molecule is CC(=O)C(C)O.CC(=O)C(C)O.CC(=O)C=O.CC(O)C(=O)O. The van der Waals surface area contributed by atoms with Crippen LogP contribution in [0.15, 0.2) is 0 Å². The van der Waals surface area contributed by atoms with E-state index in [1.807, 2.05) is 0 Å². The molecule has 0 radical (unpaired) electrons. The molecule has 0 aliphatic rings. The van der Waals surface area contributed by atoms with E-state index in [1.165, 1.54) is 41.5 Å². The fraction of sp³-hybridized carbons (Fsp3) is 0.643. The Morgan fingerprint density at radius 3 is 0.870 bits per heavy atom. The van der Waals surface area contributed by atoms with Crippen LogP contribution in [0.2, 0.25) is 0 Å². The highest BCUT2D eigenvalue weighted by Crippen LogP contribution is 1.77. The first kappa shape index (κ1) is 29.1. The summed E-state index contributed by atoms with van der Waals surface area (Å²) in [7, 11) is 0. The Kier molecular flexibility index (Phi) is 22.9. The molecule has 0 saturated heterocycles. The van der Waals surface area contributed by atoms with Crippen LogP contribution in [-0.4, -0.2) is 68.3 Å². The quantitative estimate of drug-likeness (QED) is 0.376. The molecule has 0 aliphatic carbocycles. The van der Waals surface area contributed by atoms with Crippen molar-refractivity contribution in [2.75, 3.05) is 0 Å². The van der Waals surface area contributed by atoms with E-state index in [0.29, 0.717) is 0 Å². The fourth-order valence-electron chi connectivity index (χ4n) is 0. The number of carbonyl (C=O) groups is 5. The molecule has 3 unspecified atom stereocenters. The Morgan fingerprint density at radius 1 is 0.739 bits per heavy atom. The number of Topliss-reactive ketones (excluding diaryl/α,β-unsaturated/α-hetero) is 3. The number of ketones is 3. The summed E-state index contributed by atoms with van der Waals surface area (Å²) >= 11 is 0. The minimum Gasteiger partial charge on any atom is -0.479 e. The number of aliphatic carboxylic acids is 1. The average Bonchev–Trinajstić information content (AvgIpc) is 2.40. The van der Waals surface area contributed by atoms with Gasteiger partial charge in [0.15, 0.2) is 23.6 Å². The van der Waals surface area contributed by atoms with Crippen molar-refractivity contribution in [1.29, 1.82) is 0 Å². The molecule has 0 aromatic carbocycles. The van der Waals surface area contributed by atoms with Crippen LogP contribution >= 0.6 is 0 Å². The van der Waals surface area contributed by atoms with Crippen LogP contribution in [0.3, 0.4) is 0 Å². The van der Waals surface area contributed by atoms with Gasteiger partial charge in [-0.25, -0.2) is 4.79 Å². The van der Waals surface area contributed by atoms with Crippen molar-refractivity contribution in [2.45, 2.75) is 59.9 Å². The van der Waals surface area contributed by atoms with E-state index in [1.54, 1.807) is 0 Å². The predicted octanol–water partition coefficient (Wildman–Crippen LogP) is -0.861. The number of carbonyl (C=O) groups excluding carboxylic acids is 4. The molecule has 9 heteroatoms. The molecular weight excluding hydrogens is 312 g/mol. The minimum atomic E-state index is -1.23. The van der Waals surface area contributed by atoms with Crippen molar-refractivity contribution < 1.29 is 44.4 Å². The topological polar surface area (TPSA) is 166 Å². The van der Waals surface area contributed by atoms with Gasteiger partial charge < -0.3 is 20.4 Å². The molecule has 0 aromatic heterocycles. The monoisotopic (exact) mass is 338 g/mol. The summed E-state index contributed by atoms with van der Waals surface area (Å²) in [4.78, 5) is 47.8. The van der Waals surface area contributed by atoms with Gasteiger partial charge in [-0.1, -0.05) is 0 Å². The van der Waals surface area contributed by atoms with Crippen LogP contribution in [-0.2, 0) is 24.0 Å². The van der Waals surface area contributed by atoms with Gasteiger partial charge in [-0.15, -0.1) is 0 Å². The summed E-state index contributed by atoms with van der Waals surface area (Å²) in [6.07, 6.45) is -2.53. The summed E-state index contributed by atoms with van der Waals surface area (Å²) in [6, 6.07) is 0. The van der Waals surface area contributed by atoms with Gasteiger partial charge in [0.05, 0.1) is 0 Å². The molecule has 136 valence electrons. The van der Waals surface area contributed by atoms with Crippen LogP contribution < -0.4 is 0 Å². The third kappa shape index (κ3) is 45.0. The summed E-state index contributed by atoms with van der Waals surface area (Å²) in [5, 5.41) is 32.3. The second kappa shape index (κ2) is 18.1. The normalized spacial score (nSPS) is 12.2. The lowest BCUT2D eigenvalue weighted by atomic mass is 10.3. The van der Waals surface area contributed by atoms with Crippen molar-refractivity contribution >= 4 is 29.6 Å². The van der Waals surface area contributed by atoms with Crippen molar-refractivity contribution in [3.63, 3.8) is 0 Å². The zero-order valence-corrected chi connectivity index (χ0v) is 14.1. The van der Waals surface area contributed by atoms with Crippen molar-refractivity contribution in [1.82, 2.24) is 0 Å². The predicted molar refractivity (Wildman–Crippen MR) is 80.8 cm³/mol. The second-order valence-corrected chi connectivity index (χ2v) is 4.32. The van der Waals surface area contributed by atoms with Crippen molar-refractivity contribution in [2.24, 2.45) is 0 Å². The van der Waals surface area contributed by atoms with Crippen molar-refractivity contribution in [3.05, 3.63) is 0 Å². The number of hydrogen-bond donors (Lipinski definition) is 4. The largest absolute Gasteiger partial charge is 0.479 e. The molecule has 0 bridgehead atoms. The van der Waals surface area contributed by atoms with E-state index in [4.69, 9.17) is 25.2 Å². The molecule has 4 N–H and O–H groups in total. The zero-order valence-electron chi connectivity index (χ0n) is 14.1. The second-order valence-electron chi connectivity index (χ2n) is 4.32. The summed E-state index contributed by atoms with van der Waals surface area (Å²) in [6.45, 7) is 8.01. The van der Waals surface area contributed by atoms with Crippen molar-refractivity contribution in [3.8, 4) is 0 Å². The highest BCUT2D eigenvalue weighted by Gasteiger charge is 2.01. The lowest BCUT2D eigenvalue weighted by Crippen LogP contribution is -2.13. The third-order valence-electron chi connectivity index (χ3n) is 1.70. The maximum atomic E-state index is 9.89. The van der Waals surface area contributed by atoms with Crippen LogP contribution in [0, 0.1) is 0 Å². The first-order valence-corrected chi connectivity index (χ1v) is 6.44. The van der Waals surface area contributed by atoms with E-state index in [2.05, 4.69) is 0 Å². The molecule has 23 heavy (non-hydrogen) atoms. The molecule has 0 aliphatic heterocycles. The lowest BCUT2D eigenvalue weighted by Gasteiger charge is -1.90. The van der Waals surface area contributed by atoms with Gasteiger partial charge in [-0.3, -0.25) is 19.2 Å². The summed E-state index contributed by atoms with van der Waals surface area (Å²) in [5.74, 6) is -1.98. The van der Waals surface area contributed by atoms with E-state index in [9.17, 15) is 19.2 Å². The van der Waals surface area contributed by atoms with Gasteiger partial charge in [0.25, 0.3) is 0 Å². The maximum Gasteiger partial charge on any atom is 0.332 e. The highest BCUT2D eigenvalue weighted by atomic mass is 16.4.